The maximum Gasteiger partial charge on any atom is 0.191 e. The van der Waals surface area contributed by atoms with Gasteiger partial charge in [-0.15, -0.1) is 0 Å². The lowest BCUT2D eigenvalue weighted by Gasteiger charge is -2.77. The van der Waals surface area contributed by atoms with Gasteiger partial charge < -0.3 is 8.85 Å². The summed E-state index contributed by atoms with van der Waals surface area (Å²) in [5.74, 6) is 2.94. The molecule has 1 aliphatic heterocycles. The molecule has 1 heterocycles. The molecule has 4 bridgehead atoms. The molecule has 0 aromatic rings. The predicted octanol–water partition coefficient (Wildman–Crippen LogP) is 9.15. The minimum Gasteiger partial charge on any atom is -0.424 e. The second kappa shape index (κ2) is 9.69. The first-order valence-corrected chi connectivity index (χ1v) is 51.3. The first-order valence-electron chi connectivity index (χ1n) is 16.9. The Labute approximate surface area is 258 Å². The van der Waals surface area contributed by atoms with Crippen molar-refractivity contribution in [3.05, 3.63) is 0 Å². The van der Waals surface area contributed by atoms with Crippen LogP contribution in [0.5, 0.6) is 0 Å². The molecule has 1 saturated heterocycles. The van der Waals surface area contributed by atoms with Gasteiger partial charge in [-0.2, -0.15) is 0 Å². The Morgan fingerprint density at radius 2 is 0.950 bits per heavy atom. The average molecular weight is 704 g/mol. The van der Waals surface area contributed by atoms with Crippen molar-refractivity contribution in [2.75, 3.05) is 7.11 Å². The average Bonchev–Trinajstić information content (AvgIpc) is 2.68. The van der Waals surface area contributed by atoms with Gasteiger partial charge in [0.1, 0.15) is 0 Å². The van der Waals surface area contributed by atoms with E-state index in [0.717, 1.165) is 17.8 Å². The predicted molar refractivity (Wildman–Crippen MR) is 204 cm³/mol. The van der Waals surface area contributed by atoms with E-state index in [-0.39, 0.29) is 0 Å². The molecule has 5 aliphatic rings. The van der Waals surface area contributed by atoms with Crippen LogP contribution in [-0.2, 0) is 8.85 Å². The Kier molecular flexibility index (Phi) is 8.42. The molecule has 2 atom stereocenters. The zero-order chi connectivity index (χ0) is 31.0. The lowest BCUT2D eigenvalue weighted by molar-refractivity contribution is -0.0938. The van der Waals surface area contributed by atoms with Crippen LogP contribution >= 0.6 is 0 Å². The Hall–Kier alpha value is 1.87. The van der Waals surface area contributed by atoms with Crippen molar-refractivity contribution >= 4 is 65.4 Å². The van der Waals surface area contributed by atoms with Crippen LogP contribution < -0.4 is 0 Å². The molecule has 2 unspecified atom stereocenters. The van der Waals surface area contributed by atoms with Crippen molar-refractivity contribution in [3.8, 4) is 0 Å². The van der Waals surface area contributed by atoms with Gasteiger partial charge in [-0.25, -0.2) is 0 Å². The van der Waals surface area contributed by atoms with Gasteiger partial charge in [0.2, 0.25) is 0 Å². The zero-order valence-electron chi connectivity index (χ0n) is 30.4. The van der Waals surface area contributed by atoms with E-state index >= 15 is 0 Å². The van der Waals surface area contributed by atoms with Gasteiger partial charge in [-0.1, -0.05) is 98.2 Å². The molecule has 2 nitrogen and oxygen atoms in total. The van der Waals surface area contributed by atoms with Gasteiger partial charge in [0.25, 0.3) is 0 Å². The quantitative estimate of drug-likeness (QED) is 0.266. The summed E-state index contributed by atoms with van der Waals surface area (Å²) in [6.45, 7) is 49.4. The minimum atomic E-state index is -2.26. The molecule has 11 heteroatoms. The van der Waals surface area contributed by atoms with Crippen LogP contribution in [0, 0.1) is 23.2 Å². The first-order chi connectivity index (χ1) is 17.6. The van der Waals surface area contributed by atoms with Crippen LogP contribution in [0.25, 0.3) is 0 Å². The lowest BCUT2D eigenvalue weighted by Crippen LogP contribution is -3.06. The van der Waals surface area contributed by atoms with Gasteiger partial charge in [-0.3, -0.25) is 0 Å². The third kappa shape index (κ3) is 4.12. The largest absolute Gasteiger partial charge is 0.424 e. The SMILES string of the molecule is CO[Si]1([Si](C)(C)C)C(C23CC4CC(CC(C4)C2)C3)O[Si](C)(C)[Si](C)(C)[Si]([Si](C)(C)C)([Si](C)(C)C)[Si](C)(C)[Si]1(C)C. The molecule has 0 spiro atoms. The summed E-state index contributed by atoms with van der Waals surface area (Å²) >= 11 is 0. The van der Waals surface area contributed by atoms with Gasteiger partial charge in [0.15, 0.2) is 15.2 Å². The third-order valence-electron chi connectivity index (χ3n) is 15.0. The monoisotopic (exact) mass is 702 g/mol. The van der Waals surface area contributed by atoms with Gasteiger partial charge in [-0.05, 0) is 74.8 Å². The highest BCUT2D eigenvalue weighted by Gasteiger charge is 2.84. The highest BCUT2D eigenvalue weighted by molar-refractivity contribution is 8.20. The van der Waals surface area contributed by atoms with E-state index in [1.165, 1.54) is 38.5 Å². The molecule has 0 radical (unpaired) electrons. The number of hydrogen-bond donors (Lipinski definition) is 0. The van der Waals surface area contributed by atoms with Crippen molar-refractivity contribution in [3.63, 3.8) is 0 Å². The molecule has 0 amide bonds. The summed E-state index contributed by atoms with van der Waals surface area (Å²) in [7, 11) is -11.9. The van der Waals surface area contributed by atoms with E-state index in [9.17, 15) is 0 Å². The second-order valence-electron chi connectivity index (χ2n) is 20.6. The molecule has 4 saturated carbocycles. The van der Waals surface area contributed by atoms with Crippen LogP contribution in [0.4, 0.5) is 0 Å². The van der Waals surface area contributed by atoms with Crippen molar-refractivity contribution in [2.45, 2.75) is 156 Å². The van der Waals surface area contributed by atoms with Crippen molar-refractivity contribution < 1.29 is 8.85 Å². The molecule has 0 aromatic heterocycles. The van der Waals surface area contributed by atoms with E-state index in [4.69, 9.17) is 8.85 Å². The van der Waals surface area contributed by atoms with Crippen LogP contribution in [0.2, 0.25) is 111 Å². The molecule has 40 heavy (non-hydrogen) atoms. The molecular weight excluding hydrogens is 633 g/mol. The Morgan fingerprint density at radius 1 is 0.575 bits per heavy atom. The molecular formula is C29H70O2Si9. The van der Waals surface area contributed by atoms with Gasteiger partial charge in [0.05, 0.1) is 27.5 Å². The van der Waals surface area contributed by atoms with E-state index < -0.39 is 65.4 Å². The smallest absolute Gasteiger partial charge is 0.191 e. The van der Waals surface area contributed by atoms with Crippen molar-refractivity contribution in [2.24, 2.45) is 23.2 Å². The van der Waals surface area contributed by atoms with Gasteiger partial charge in [0, 0.05) is 35.5 Å². The van der Waals surface area contributed by atoms with Gasteiger partial charge >= 0.3 is 0 Å². The fourth-order valence-electron chi connectivity index (χ4n) is 14.9. The Balaban J connectivity index is 2.17. The highest BCUT2D eigenvalue weighted by Crippen LogP contribution is 2.66. The molecule has 4 aliphatic carbocycles. The van der Waals surface area contributed by atoms with Crippen LogP contribution in [0.1, 0.15) is 38.5 Å². The van der Waals surface area contributed by atoms with Crippen LogP contribution in [0.15, 0.2) is 0 Å². The topological polar surface area (TPSA) is 18.5 Å². The fourth-order valence-corrected chi connectivity index (χ4v) is 396. The summed E-state index contributed by atoms with van der Waals surface area (Å²) in [6, 6.07) is 0. The molecule has 0 aromatic carbocycles. The standard InChI is InChI=1S/C29H70O2Si9/c1-30-39(32(2,3)4)28(29-22-25-19-26(23-29)21-27(20-25)24-29)31-35(11,12)36(13,14)40(33(5,6)7,34(8,9)10)38(17,18)37(39,15)16/h25-28H,19-24H2,1-18H3. The summed E-state index contributed by atoms with van der Waals surface area (Å²) in [5.41, 5.74) is 0.919. The maximum atomic E-state index is 8.50. The maximum absolute atomic E-state index is 8.50. The summed E-state index contributed by atoms with van der Waals surface area (Å²) in [5, 5.41) is 0. The fraction of sp³-hybridized carbons (Fsp3) is 1.00. The van der Waals surface area contributed by atoms with E-state index in [2.05, 4.69) is 118 Å². The normalized spacial score (nSPS) is 41.9. The van der Waals surface area contributed by atoms with E-state index in [0.29, 0.717) is 11.1 Å². The highest BCUT2D eigenvalue weighted by atomic mass is 30.3. The summed E-state index contributed by atoms with van der Waals surface area (Å²) in [4.78, 5) is 0. The molecule has 234 valence electrons. The van der Waals surface area contributed by atoms with E-state index in [1.54, 1.807) is 0 Å². The molecule has 0 N–H and O–H groups in total. The lowest BCUT2D eigenvalue weighted by atomic mass is 9.50. The first kappa shape index (κ1) is 34.7. The minimum absolute atomic E-state index is 0.431. The zero-order valence-corrected chi connectivity index (χ0v) is 39.4. The van der Waals surface area contributed by atoms with Crippen LogP contribution in [-0.4, -0.2) is 78.3 Å². The van der Waals surface area contributed by atoms with E-state index in [1.807, 2.05) is 0 Å². The summed E-state index contributed by atoms with van der Waals surface area (Å²) < 4.78 is 16.2. The molecule has 5 rings (SSSR count). The van der Waals surface area contributed by atoms with Crippen molar-refractivity contribution in [1.82, 2.24) is 0 Å². The number of hydrogen-bond acceptors (Lipinski definition) is 2. The van der Waals surface area contributed by atoms with Crippen LogP contribution in [0.3, 0.4) is 0 Å². The molecule has 5 fully saturated rings. The second-order valence-corrected chi connectivity index (χ2v) is 119. The Bertz CT molecular complexity index is 953. The number of rotatable bonds is 5. The van der Waals surface area contributed by atoms with Crippen molar-refractivity contribution in [1.29, 1.82) is 0 Å². The summed E-state index contributed by atoms with van der Waals surface area (Å²) in [6.07, 6.45) is 7.38. The Morgan fingerprint density at radius 3 is 1.25 bits per heavy atom. The third-order valence-corrected chi connectivity index (χ3v) is 227.